The van der Waals surface area contributed by atoms with Gasteiger partial charge in [-0.15, -0.1) is 0 Å². The second-order valence-electron chi connectivity index (χ2n) is 5.10. The van der Waals surface area contributed by atoms with Crippen molar-refractivity contribution in [2.24, 2.45) is 0 Å². The highest BCUT2D eigenvalue weighted by Crippen LogP contribution is 2.30. The lowest BCUT2D eigenvalue weighted by Gasteiger charge is -2.27. The zero-order valence-electron chi connectivity index (χ0n) is 13.1. The van der Waals surface area contributed by atoms with Crippen LogP contribution in [0.25, 0.3) is 0 Å². The number of hydroxylamine groups is 2. The number of benzene rings is 1. The monoisotopic (exact) mass is 339 g/mol. The van der Waals surface area contributed by atoms with Crippen molar-refractivity contribution in [3.05, 3.63) is 59.7 Å². The number of amides is 1. The minimum Gasteiger partial charge on any atom is -0.274 e. The molecule has 128 valence electrons. The smallest absolute Gasteiger partial charge is 0.274 e. The average molecular weight is 339 g/mol. The molecule has 1 atom stereocenters. The Morgan fingerprint density at radius 3 is 2.42 bits per heavy atom. The summed E-state index contributed by atoms with van der Waals surface area (Å²) in [5.41, 5.74) is -1.19. The summed E-state index contributed by atoms with van der Waals surface area (Å²) >= 11 is 0. The predicted molar refractivity (Wildman–Crippen MR) is 79.8 cm³/mol. The summed E-state index contributed by atoms with van der Waals surface area (Å²) in [5.74, 6) is -0.985. The molecule has 0 fully saturated rings. The highest BCUT2D eigenvalue weighted by molar-refractivity contribution is 5.93. The lowest BCUT2D eigenvalue weighted by atomic mass is 10.1. The minimum atomic E-state index is -4.78. The van der Waals surface area contributed by atoms with Crippen molar-refractivity contribution >= 4 is 5.91 Å². The molecule has 24 heavy (non-hydrogen) atoms. The molecule has 2 aromatic rings. The molecule has 8 heteroatoms. The van der Waals surface area contributed by atoms with Crippen LogP contribution in [0, 0.1) is 0 Å². The molecule has 0 aliphatic rings. The molecule has 0 bridgehead atoms. The Morgan fingerprint density at radius 2 is 1.83 bits per heavy atom. The largest absolute Gasteiger partial charge is 0.435 e. The van der Waals surface area contributed by atoms with E-state index in [0.717, 1.165) is 23.0 Å². The number of hydrogen-bond acceptors (Lipinski definition) is 4. The van der Waals surface area contributed by atoms with Crippen LogP contribution >= 0.6 is 0 Å². The SMILES string of the molecule is CON(C(=O)c1nccnc1C(F)(F)F)C(C)Cc1ccccc1. The fourth-order valence-electron chi connectivity index (χ4n) is 2.31. The maximum absolute atomic E-state index is 13.0. The Labute approximate surface area is 137 Å². The fourth-order valence-corrected chi connectivity index (χ4v) is 2.31. The van der Waals surface area contributed by atoms with Gasteiger partial charge in [-0.3, -0.25) is 9.63 Å². The number of aromatic nitrogens is 2. The summed E-state index contributed by atoms with van der Waals surface area (Å²) in [4.78, 5) is 24.3. The van der Waals surface area contributed by atoms with Crippen LogP contribution in [-0.2, 0) is 17.4 Å². The van der Waals surface area contributed by atoms with Gasteiger partial charge >= 0.3 is 6.18 Å². The number of carbonyl (C=O) groups excluding carboxylic acids is 1. The van der Waals surface area contributed by atoms with Crippen molar-refractivity contribution in [3.63, 3.8) is 0 Å². The molecule has 5 nitrogen and oxygen atoms in total. The van der Waals surface area contributed by atoms with E-state index in [4.69, 9.17) is 4.84 Å². The number of rotatable bonds is 5. The zero-order valence-corrected chi connectivity index (χ0v) is 13.1. The third-order valence-corrected chi connectivity index (χ3v) is 3.34. The number of halogens is 3. The molecule has 2 rings (SSSR count). The van der Waals surface area contributed by atoms with Gasteiger partial charge in [-0.1, -0.05) is 30.3 Å². The van der Waals surface area contributed by atoms with E-state index >= 15 is 0 Å². The molecule has 0 saturated heterocycles. The maximum atomic E-state index is 13.0. The molecule has 0 saturated carbocycles. The third-order valence-electron chi connectivity index (χ3n) is 3.34. The van der Waals surface area contributed by atoms with Gasteiger partial charge in [0.25, 0.3) is 5.91 Å². The van der Waals surface area contributed by atoms with Gasteiger partial charge in [0.05, 0.1) is 13.2 Å². The highest BCUT2D eigenvalue weighted by atomic mass is 19.4. The molecule has 0 radical (unpaired) electrons. The van der Waals surface area contributed by atoms with E-state index in [0.29, 0.717) is 6.42 Å². The molecule has 0 spiro atoms. The Kier molecular flexibility index (Phi) is 5.50. The van der Waals surface area contributed by atoms with E-state index in [2.05, 4.69) is 9.97 Å². The van der Waals surface area contributed by atoms with Gasteiger partial charge in [0.1, 0.15) is 0 Å². The van der Waals surface area contributed by atoms with Crippen molar-refractivity contribution in [2.75, 3.05) is 7.11 Å². The summed E-state index contributed by atoms with van der Waals surface area (Å²) in [7, 11) is 1.23. The van der Waals surface area contributed by atoms with Gasteiger partial charge in [0.15, 0.2) is 11.4 Å². The van der Waals surface area contributed by atoms with Crippen LogP contribution in [0.15, 0.2) is 42.7 Å². The first-order valence-electron chi connectivity index (χ1n) is 7.14. The molecular weight excluding hydrogens is 323 g/mol. The van der Waals surface area contributed by atoms with E-state index in [1.54, 1.807) is 6.92 Å². The molecule has 0 aliphatic carbocycles. The summed E-state index contributed by atoms with van der Waals surface area (Å²) in [6.45, 7) is 1.68. The van der Waals surface area contributed by atoms with Gasteiger partial charge in [0, 0.05) is 12.4 Å². The predicted octanol–water partition coefficient (Wildman–Crippen LogP) is 3.13. The summed E-state index contributed by atoms with van der Waals surface area (Å²) in [5, 5.41) is 0.881. The van der Waals surface area contributed by atoms with Crippen LogP contribution in [0.5, 0.6) is 0 Å². The molecule has 1 aromatic heterocycles. The van der Waals surface area contributed by atoms with Crippen molar-refractivity contribution < 1.29 is 22.8 Å². The van der Waals surface area contributed by atoms with Crippen LogP contribution in [0.4, 0.5) is 13.2 Å². The maximum Gasteiger partial charge on any atom is 0.435 e. The Bertz CT molecular complexity index is 692. The minimum absolute atomic E-state index is 0.419. The highest BCUT2D eigenvalue weighted by Gasteiger charge is 2.39. The van der Waals surface area contributed by atoms with Crippen molar-refractivity contribution in [3.8, 4) is 0 Å². The zero-order chi connectivity index (χ0) is 17.7. The van der Waals surface area contributed by atoms with Crippen molar-refractivity contribution in [1.29, 1.82) is 0 Å². The Balaban J connectivity index is 2.26. The van der Waals surface area contributed by atoms with E-state index in [1.807, 2.05) is 30.3 Å². The van der Waals surface area contributed by atoms with Gasteiger partial charge < -0.3 is 0 Å². The van der Waals surface area contributed by atoms with Crippen LogP contribution < -0.4 is 0 Å². The normalized spacial score (nSPS) is 12.7. The van der Waals surface area contributed by atoms with E-state index in [1.165, 1.54) is 7.11 Å². The quantitative estimate of drug-likeness (QED) is 0.786. The number of nitrogens with zero attached hydrogens (tertiary/aromatic N) is 3. The standard InChI is InChI=1S/C16H16F3N3O2/c1-11(10-12-6-4-3-5-7-12)22(24-2)15(23)13-14(16(17,18)19)21-9-8-20-13/h3-9,11H,10H2,1-2H3. The first kappa shape index (κ1) is 17.9. The van der Waals surface area contributed by atoms with Crippen LogP contribution in [0.2, 0.25) is 0 Å². The summed E-state index contributed by atoms with van der Waals surface area (Å²) < 4.78 is 39.0. The van der Waals surface area contributed by atoms with E-state index in [9.17, 15) is 18.0 Å². The van der Waals surface area contributed by atoms with Gasteiger partial charge in [-0.2, -0.15) is 13.2 Å². The van der Waals surface area contributed by atoms with Gasteiger partial charge in [0.2, 0.25) is 0 Å². The molecule has 1 unspecified atom stereocenters. The lowest BCUT2D eigenvalue weighted by Crippen LogP contribution is -2.40. The van der Waals surface area contributed by atoms with Crippen LogP contribution in [0.3, 0.4) is 0 Å². The van der Waals surface area contributed by atoms with Crippen molar-refractivity contribution in [2.45, 2.75) is 25.6 Å². The molecular formula is C16H16F3N3O2. The molecule has 1 heterocycles. The summed E-state index contributed by atoms with van der Waals surface area (Å²) in [6.07, 6.45) is -2.42. The molecule has 1 aromatic carbocycles. The first-order chi connectivity index (χ1) is 11.3. The number of carbonyl (C=O) groups is 1. The van der Waals surface area contributed by atoms with E-state index < -0.39 is 29.5 Å². The lowest BCUT2D eigenvalue weighted by molar-refractivity contribution is -0.143. The number of hydrogen-bond donors (Lipinski definition) is 0. The average Bonchev–Trinajstić information content (AvgIpc) is 2.55. The Hall–Kier alpha value is -2.48. The molecule has 0 N–H and O–H groups in total. The van der Waals surface area contributed by atoms with Crippen LogP contribution in [0.1, 0.15) is 28.7 Å². The van der Waals surface area contributed by atoms with Crippen LogP contribution in [-0.4, -0.2) is 34.1 Å². The molecule has 0 aliphatic heterocycles. The second kappa shape index (κ2) is 7.39. The Morgan fingerprint density at radius 1 is 1.21 bits per heavy atom. The van der Waals surface area contributed by atoms with Gasteiger partial charge in [-0.25, -0.2) is 15.0 Å². The number of alkyl halides is 3. The topological polar surface area (TPSA) is 55.3 Å². The fraction of sp³-hybridized carbons (Fsp3) is 0.312. The van der Waals surface area contributed by atoms with E-state index in [-0.39, 0.29) is 0 Å². The first-order valence-corrected chi connectivity index (χ1v) is 7.14. The van der Waals surface area contributed by atoms with Crippen molar-refractivity contribution in [1.82, 2.24) is 15.0 Å². The molecule has 1 amide bonds. The second-order valence-corrected chi connectivity index (χ2v) is 5.10. The van der Waals surface area contributed by atoms with Gasteiger partial charge in [-0.05, 0) is 18.9 Å². The third kappa shape index (κ3) is 4.08. The summed E-state index contributed by atoms with van der Waals surface area (Å²) in [6, 6.07) is 8.75.